The summed E-state index contributed by atoms with van der Waals surface area (Å²) < 4.78 is 10.3. The van der Waals surface area contributed by atoms with Gasteiger partial charge in [-0.3, -0.25) is 0 Å². The van der Waals surface area contributed by atoms with Gasteiger partial charge in [0.1, 0.15) is 6.61 Å². The first kappa shape index (κ1) is 10.7. The molecule has 1 aromatic rings. The summed E-state index contributed by atoms with van der Waals surface area (Å²) in [5.74, 6) is 0.286. The number of aliphatic imine (C=N–C) groups is 1. The molecule has 1 aromatic carbocycles. The first-order valence-corrected chi connectivity index (χ1v) is 5.26. The highest BCUT2D eigenvalue weighted by Gasteiger charge is 2.13. The monoisotopic (exact) mass is 219 g/mol. The molecule has 0 fully saturated rings. The summed E-state index contributed by atoms with van der Waals surface area (Å²) in [5.41, 5.74) is 1.35. The molecule has 1 heterocycles. The Kier molecular flexibility index (Phi) is 3.19. The molecule has 0 bridgehead atoms. The van der Waals surface area contributed by atoms with E-state index in [1.807, 2.05) is 6.07 Å². The maximum absolute atomic E-state index is 11.5. The van der Waals surface area contributed by atoms with Crippen LogP contribution in [-0.4, -0.2) is 31.6 Å². The summed E-state index contributed by atoms with van der Waals surface area (Å²) in [7, 11) is 0. The summed E-state index contributed by atoms with van der Waals surface area (Å²) in [4.78, 5) is 15.7. The number of hydrogen-bond donors (Lipinski definition) is 0. The molecule has 0 unspecified atom stereocenters. The Labute approximate surface area is 93.9 Å². The molecule has 0 N–H and O–H groups in total. The van der Waals surface area contributed by atoms with Crippen LogP contribution in [0, 0.1) is 0 Å². The van der Waals surface area contributed by atoms with E-state index in [1.54, 1.807) is 25.1 Å². The molecule has 0 saturated carbocycles. The van der Waals surface area contributed by atoms with Gasteiger partial charge in [0.05, 0.1) is 18.7 Å². The summed E-state index contributed by atoms with van der Waals surface area (Å²) in [6, 6.07) is 7.12. The van der Waals surface area contributed by atoms with Gasteiger partial charge in [0, 0.05) is 5.56 Å². The van der Waals surface area contributed by atoms with Gasteiger partial charge in [-0.05, 0) is 25.1 Å². The lowest BCUT2D eigenvalue weighted by atomic mass is 10.1. The van der Waals surface area contributed by atoms with Crippen LogP contribution in [0.1, 0.15) is 22.8 Å². The molecule has 84 valence electrons. The zero-order valence-electron chi connectivity index (χ0n) is 9.10. The fourth-order valence-corrected chi connectivity index (χ4v) is 1.50. The van der Waals surface area contributed by atoms with E-state index in [1.165, 1.54) is 0 Å². The molecule has 4 heteroatoms. The number of benzene rings is 1. The van der Waals surface area contributed by atoms with E-state index in [9.17, 15) is 4.79 Å². The molecular weight excluding hydrogens is 206 g/mol. The highest BCUT2D eigenvalue weighted by atomic mass is 16.5. The average Bonchev–Trinajstić information content (AvgIpc) is 2.83. The lowest BCUT2D eigenvalue weighted by Crippen LogP contribution is -2.07. The SMILES string of the molecule is CCOC(=O)c1cccc(C2=NCCO2)c1. The van der Waals surface area contributed by atoms with Gasteiger partial charge in [0.15, 0.2) is 0 Å². The summed E-state index contributed by atoms with van der Waals surface area (Å²) in [6.45, 7) is 3.45. The van der Waals surface area contributed by atoms with Crippen molar-refractivity contribution in [2.24, 2.45) is 4.99 Å². The van der Waals surface area contributed by atoms with Crippen molar-refractivity contribution in [1.29, 1.82) is 0 Å². The summed E-state index contributed by atoms with van der Waals surface area (Å²) in [6.07, 6.45) is 0. The van der Waals surface area contributed by atoms with Crippen LogP contribution in [0.2, 0.25) is 0 Å². The molecule has 1 aliphatic rings. The molecule has 4 nitrogen and oxygen atoms in total. The Balaban J connectivity index is 2.22. The van der Waals surface area contributed by atoms with Crippen LogP contribution in [0.5, 0.6) is 0 Å². The van der Waals surface area contributed by atoms with Crippen molar-refractivity contribution in [3.05, 3.63) is 35.4 Å². The van der Waals surface area contributed by atoms with Gasteiger partial charge in [-0.1, -0.05) is 6.07 Å². The molecule has 0 aliphatic carbocycles. The van der Waals surface area contributed by atoms with Crippen LogP contribution >= 0.6 is 0 Å². The lowest BCUT2D eigenvalue weighted by molar-refractivity contribution is 0.0526. The second kappa shape index (κ2) is 4.79. The van der Waals surface area contributed by atoms with Gasteiger partial charge >= 0.3 is 5.97 Å². The molecular formula is C12H13NO3. The van der Waals surface area contributed by atoms with Gasteiger partial charge in [-0.2, -0.15) is 0 Å². The highest BCUT2D eigenvalue weighted by Crippen LogP contribution is 2.11. The lowest BCUT2D eigenvalue weighted by Gasteiger charge is -2.04. The molecule has 0 amide bonds. The van der Waals surface area contributed by atoms with Gasteiger partial charge in [-0.15, -0.1) is 0 Å². The first-order chi connectivity index (χ1) is 7.81. The van der Waals surface area contributed by atoms with Gasteiger partial charge in [0.2, 0.25) is 5.90 Å². The van der Waals surface area contributed by atoms with E-state index >= 15 is 0 Å². The largest absolute Gasteiger partial charge is 0.476 e. The summed E-state index contributed by atoms with van der Waals surface area (Å²) in [5, 5.41) is 0. The molecule has 2 rings (SSSR count). The molecule has 0 aromatic heterocycles. The van der Waals surface area contributed by atoms with Crippen LogP contribution in [0.15, 0.2) is 29.3 Å². The normalized spacial score (nSPS) is 14.2. The van der Waals surface area contributed by atoms with E-state index < -0.39 is 0 Å². The number of esters is 1. The van der Waals surface area contributed by atoms with Crippen LogP contribution in [0.3, 0.4) is 0 Å². The molecule has 0 saturated heterocycles. The Bertz CT molecular complexity index is 426. The van der Waals surface area contributed by atoms with E-state index in [0.717, 1.165) is 5.56 Å². The molecule has 0 atom stereocenters. The number of carbonyl (C=O) groups excluding carboxylic acids is 1. The van der Waals surface area contributed by atoms with Crippen molar-refractivity contribution < 1.29 is 14.3 Å². The number of rotatable bonds is 3. The standard InChI is InChI=1S/C12H13NO3/c1-2-15-12(14)10-5-3-4-9(8-10)11-13-6-7-16-11/h3-5,8H,2,6-7H2,1H3. The Morgan fingerprint density at radius 3 is 3.12 bits per heavy atom. The van der Waals surface area contributed by atoms with E-state index in [0.29, 0.717) is 31.2 Å². The van der Waals surface area contributed by atoms with Crippen molar-refractivity contribution in [3.8, 4) is 0 Å². The van der Waals surface area contributed by atoms with Crippen molar-refractivity contribution in [3.63, 3.8) is 0 Å². The Morgan fingerprint density at radius 2 is 2.44 bits per heavy atom. The van der Waals surface area contributed by atoms with Gasteiger partial charge < -0.3 is 9.47 Å². The Morgan fingerprint density at radius 1 is 1.56 bits per heavy atom. The third-order valence-corrected chi connectivity index (χ3v) is 2.21. The number of nitrogens with zero attached hydrogens (tertiary/aromatic N) is 1. The van der Waals surface area contributed by atoms with Crippen LogP contribution < -0.4 is 0 Å². The zero-order valence-corrected chi connectivity index (χ0v) is 9.10. The van der Waals surface area contributed by atoms with Crippen LogP contribution in [-0.2, 0) is 9.47 Å². The predicted molar refractivity (Wildman–Crippen MR) is 59.8 cm³/mol. The van der Waals surface area contributed by atoms with E-state index in [-0.39, 0.29) is 5.97 Å². The fraction of sp³-hybridized carbons (Fsp3) is 0.333. The quantitative estimate of drug-likeness (QED) is 0.726. The topological polar surface area (TPSA) is 47.9 Å². The zero-order chi connectivity index (χ0) is 11.4. The maximum atomic E-state index is 11.5. The molecule has 1 aliphatic heterocycles. The molecule has 0 spiro atoms. The van der Waals surface area contributed by atoms with Crippen LogP contribution in [0.25, 0.3) is 0 Å². The Hall–Kier alpha value is -1.84. The fourth-order valence-electron chi connectivity index (χ4n) is 1.50. The van der Waals surface area contributed by atoms with Gasteiger partial charge in [0.25, 0.3) is 0 Å². The van der Waals surface area contributed by atoms with Crippen molar-refractivity contribution in [2.75, 3.05) is 19.8 Å². The molecule has 16 heavy (non-hydrogen) atoms. The van der Waals surface area contributed by atoms with E-state index in [4.69, 9.17) is 9.47 Å². The van der Waals surface area contributed by atoms with Crippen molar-refractivity contribution >= 4 is 11.9 Å². The minimum absolute atomic E-state index is 0.317. The average molecular weight is 219 g/mol. The van der Waals surface area contributed by atoms with Gasteiger partial charge in [-0.25, -0.2) is 9.79 Å². The third kappa shape index (κ3) is 2.21. The second-order valence-corrected chi connectivity index (χ2v) is 3.34. The second-order valence-electron chi connectivity index (χ2n) is 3.34. The number of hydrogen-bond acceptors (Lipinski definition) is 4. The summed E-state index contributed by atoms with van der Waals surface area (Å²) >= 11 is 0. The smallest absolute Gasteiger partial charge is 0.338 e. The maximum Gasteiger partial charge on any atom is 0.338 e. The van der Waals surface area contributed by atoms with Crippen molar-refractivity contribution in [1.82, 2.24) is 0 Å². The molecule has 0 radical (unpaired) electrons. The van der Waals surface area contributed by atoms with Crippen molar-refractivity contribution in [2.45, 2.75) is 6.92 Å². The third-order valence-electron chi connectivity index (χ3n) is 2.21. The number of ether oxygens (including phenoxy) is 2. The predicted octanol–water partition coefficient (Wildman–Crippen LogP) is 1.64. The highest BCUT2D eigenvalue weighted by molar-refractivity contribution is 5.98. The minimum Gasteiger partial charge on any atom is -0.476 e. The minimum atomic E-state index is -0.317. The number of carbonyl (C=O) groups is 1. The first-order valence-electron chi connectivity index (χ1n) is 5.26. The van der Waals surface area contributed by atoms with Crippen LogP contribution in [0.4, 0.5) is 0 Å². The van der Waals surface area contributed by atoms with E-state index in [2.05, 4.69) is 4.99 Å².